The second-order valence-electron chi connectivity index (χ2n) is 29.7. The molecule has 10 aromatic rings. The fourth-order valence-electron chi connectivity index (χ4n) is 15.4. The predicted octanol–water partition coefficient (Wildman–Crippen LogP) is 13.5. The molecule has 2 fully saturated rings. The van der Waals surface area contributed by atoms with Crippen LogP contribution in [-0.4, -0.2) is 120 Å². The van der Waals surface area contributed by atoms with Gasteiger partial charge in [-0.25, -0.2) is 4.79 Å². The molecule has 4 amide bonds. The van der Waals surface area contributed by atoms with Gasteiger partial charge in [0.25, 0.3) is 17.7 Å². The Morgan fingerprint density at radius 1 is 0.432 bits per heavy atom. The molecule has 2 N–H and O–H groups in total. The molecule has 0 aliphatic carbocycles. The fourth-order valence-corrected chi connectivity index (χ4v) is 15.4. The van der Waals surface area contributed by atoms with Gasteiger partial charge in [0.1, 0.15) is 6.61 Å². The van der Waals surface area contributed by atoms with Gasteiger partial charge < -0.3 is 44.2 Å². The molecule has 0 bridgehead atoms. The lowest BCUT2D eigenvalue weighted by molar-refractivity contribution is -0.146. The molecular weight excluding hydrogens is 1400 g/mol. The van der Waals surface area contributed by atoms with Gasteiger partial charge in [0, 0.05) is 140 Å². The van der Waals surface area contributed by atoms with Gasteiger partial charge in [-0.05, 0) is 201 Å². The van der Waals surface area contributed by atoms with Gasteiger partial charge in [0.2, 0.25) is 0 Å². The summed E-state index contributed by atoms with van der Waals surface area (Å²) in [6.45, 7) is 11.6. The molecule has 111 heavy (non-hydrogen) atoms. The van der Waals surface area contributed by atoms with Crippen LogP contribution in [0.3, 0.4) is 0 Å². The van der Waals surface area contributed by atoms with E-state index in [9.17, 15) is 33.6 Å². The number of piperidine rings is 2. The Kier molecular flexibility index (Phi) is 24.9. The fraction of sp³-hybridized carbons (Fsp3) is 0.348. The summed E-state index contributed by atoms with van der Waals surface area (Å²) in [5.41, 5.74) is 21.4. The van der Waals surface area contributed by atoms with Crippen molar-refractivity contribution in [2.75, 3.05) is 54.1 Å². The first-order valence-electron chi connectivity index (χ1n) is 38.5. The zero-order chi connectivity index (χ0) is 77.7. The number of rotatable bonds is 18. The van der Waals surface area contributed by atoms with Crippen LogP contribution in [0.4, 0.5) is 21.9 Å². The van der Waals surface area contributed by atoms with Gasteiger partial charge in [-0.2, -0.15) is 15.3 Å². The number of carbonyl (C=O) groups is 7. The molecule has 0 saturated carbocycles. The summed E-state index contributed by atoms with van der Waals surface area (Å²) >= 11 is 0. The van der Waals surface area contributed by atoms with Crippen LogP contribution in [0.1, 0.15) is 165 Å². The normalized spacial score (nSPS) is 14.5. The number of amides is 4. The number of esters is 2. The number of hydrogen-bond donors (Lipinski definition) is 2. The molecule has 0 spiro atoms. The maximum absolute atomic E-state index is 13.8. The van der Waals surface area contributed by atoms with Gasteiger partial charge >= 0.3 is 24.0 Å². The van der Waals surface area contributed by atoms with Crippen LogP contribution in [0.25, 0.3) is 0 Å². The van der Waals surface area contributed by atoms with Crippen molar-refractivity contribution in [1.29, 1.82) is 0 Å². The Hall–Kier alpha value is -11.8. The summed E-state index contributed by atoms with van der Waals surface area (Å²) in [6.07, 6.45) is 13.4. The highest BCUT2D eigenvalue weighted by Crippen LogP contribution is 2.36. The second kappa shape index (κ2) is 35.7. The number of fused-ring (bicyclic) bond motifs is 6. The smallest absolute Gasteiger partial charge is 0.410 e. The molecule has 0 atom stereocenters. The number of aryl methyl sites for hydroxylation is 9. The summed E-state index contributed by atoms with van der Waals surface area (Å²) in [5, 5.41) is 25.5. The van der Waals surface area contributed by atoms with Crippen molar-refractivity contribution >= 4 is 58.8 Å². The number of anilines is 3. The van der Waals surface area contributed by atoms with Crippen LogP contribution in [0.2, 0.25) is 0 Å². The molecule has 3 aromatic heterocycles. The quantitative estimate of drug-likeness (QED) is 0.0599. The van der Waals surface area contributed by atoms with E-state index < -0.39 is 5.97 Å². The highest BCUT2D eigenvalue weighted by atomic mass is 16.6. The van der Waals surface area contributed by atoms with Gasteiger partial charge in [-0.1, -0.05) is 103 Å². The number of hydrogen-bond acceptors (Lipinski definition) is 14. The monoisotopic (exact) mass is 1500 g/mol. The lowest BCUT2D eigenvalue weighted by atomic mass is 9.98. The van der Waals surface area contributed by atoms with Crippen molar-refractivity contribution in [3.05, 3.63) is 282 Å². The minimum atomic E-state index is -0.821. The van der Waals surface area contributed by atoms with Crippen LogP contribution < -0.4 is 20.0 Å². The molecule has 22 heteroatoms. The SMILES string of the molecule is Cc1cc(C(=O)N2Cc3cnn(C)c3Cc3ccccc32)ccc1CCC(=O)O.Cc1cc(C(=O)N2Cc3cnn(C)c3Cc3ccccc32)ccc1CCC(=O)OCC1CCN(C(=O)OCc2ccccc2)CC1.Cc1cc(C(=O)N2Cc3cnn(C)c3Cc3ccccc32)ccc1CCC(=O)OCC1CCNCC1. The van der Waals surface area contributed by atoms with Crippen LogP contribution in [0, 0.1) is 32.6 Å². The van der Waals surface area contributed by atoms with Crippen molar-refractivity contribution in [1.82, 2.24) is 39.6 Å². The Bertz CT molecular complexity index is 5040. The minimum Gasteiger partial charge on any atom is -0.481 e. The first-order chi connectivity index (χ1) is 53.8. The zero-order valence-electron chi connectivity index (χ0n) is 64.2. The number of ether oxygens (including phenoxy) is 3. The highest BCUT2D eigenvalue weighted by Gasteiger charge is 2.32. The molecule has 5 aliphatic heterocycles. The van der Waals surface area contributed by atoms with E-state index in [0.717, 1.165) is 165 Å². The average molecular weight is 1500 g/mol. The third kappa shape index (κ3) is 18.9. The number of para-hydroxylation sites is 3. The summed E-state index contributed by atoms with van der Waals surface area (Å²) in [7, 11) is 5.82. The van der Waals surface area contributed by atoms with Crippen molar-refractivity contribution in [2.24, 2.45) is 33.0 Å². The Morgan fingerprint density at radius 3 is 1.17 bits per heavy atom. The number of nitrogens with one attached hydrogen (secondary N) is 1. The molecule has 0 radical (unpaired) electrons. The molecule has 7 aromatic carbocycles. The van der Waals surface area contributed by atoms with Gasteiger partial charge in [-0.15, -0.1) is 0 Å². The van der Waals surface area contributed by atoms with Crippen LogP contribution >= 0.6 is 0 Å². The number of carboxylic acid groups (broad SMARTS) is 1. The summed E-state index contributed by atoms with van der Waals surface area (Å²) in [4.78, 5) is 96.5. The molecule has 15 rings (SSSR count). The Labute approximate surface area is 647 Å². The standard InChI is InChI=1S/C37H40N4O5.C29H34N4O3.C23H23N3O3/c1-26-20-31(36(43)41-23-32-22-38-39(2)34(32)21-30-10-6-7-11-33(30)41)13-12-29(26)14-15-35(42)45-24-28-16-18-40(19-17-28)37(44)46-25-27-8-4-3-5-9-27;1-20-15-24(8-7-22(20)9-10-28(34)36-19-21-11-13-30-14-12-21)29(35)33-18-25-17-31-32(2)27(25)16-23-5-3-4-6-26(23)33;1-15-11-18(8-7-16(15)9-10-22(27)28)23(29)26-14-19-13-24-25(2)21(19)12-17-5-3-4-6-20(17)26/h3-13,20,22,28H,14-19,21,23-25H2,1-2H3;3-8,15,17,21,30H,9-14,16,18-19H2,1-2H3;3-8,11,13H,9-10,12,14H2,1-2H3,(H,27,28). The molecule has 5 aliphatic rings. The third-order valence-electron chi connectivity index (χ3n) is 22.2. The second-order valence-corrected chi connectivity index (χ2v) is 29.7. The van der Waals surface area contributed by atoms with Crippen LogP contribution in [0.5, 0.6) is 0 Å². The number of likely N-dealkylation sites (tertiary alicyclic amines) is 1. The predicted molar refractivity (Wildman–Crippen MR) is 423 cm³/mol. The van der Waals surface area contributed by atoms with Gasteiger partial charge in [0.05, 0.1) is 51.4 Å². The number of carboxylic acids is 1. The average Bonchev–Trinajstić information content (AvgIpc) is 1.65. The van der Waals surface area contributed by atoms with Crippen molar-refractivity contribution < 1.29 is 52.9 Å². The number of nitrogens with zero attached hydrogens (tertiary/aromatic N) is 10. The minimum absolute atomic E-state index is 0.0322. The van der Waals surface area contributed by atoms with Crippen molar-refractivity contribution in [3.8, 4) is 0 Å². The van der Waals surface area contributed by atoms with E-state index >= 15 is 0 Å². The largest absolute Gasteiger partial charge is 0.481 e. The summed E-state index contributed by atoms with van der Waals surface area (Å²) < 4.78 is 22.3. The Morgan fingerprint density at radius 2 is 0.793 bits per heavy atom. The highest BCUT2D eigenvalue weighted by molar-refractivity contribution is 6.08. The van der Waals surface area contributed by atoms with Crippen LogP contribution in [-0.2, 0) is 115 Å². The summed E-state index contributed by atoms with van der Waals surface area (Å²) in [6, 6.07) is 50.8. The lowest BCUT2D eigenvalue weighted by Gasteiger charge is -2.31. The molecule has 8 heterocycles. The van der Waals surface area contributed by atoms with E-state index in [-0.39, 0.29) is 61.1 Å². The van der Waals surface area contributed by atoms with Crippen molar-refractivity contribution in [3.63, 3.8) is 0 Å². The Balaban J connectivity index is 0.000000150. The molecule has 2 saturated heterocycles. The van der Waals surface area contributed by atoms with E-state index in [2.05, 4.69) is 38.8 Å². The van der Waals surface area contributed by atoms with Crippen LogP contribution in [0.15, 0.2) is 176 Å². The number of aliphatic carboxylic acids is 1. The third-order valence-corrected chi connectivity index (χ3v) is 22.2. The molecule has 574 valence electrons. The maximum atomic E-state index is 13.8. The van der Waals surface area contributed by atoms with Crippen molar-refractivity contribution in [2.45, 2.75) is 130 Å². The maximum Gasteiger partial charge on any atom is 0.410 e. The number of benzene rings is 7. The number of aromatic nitrogens is 6. The molecular formula is C89H97N11O11. The topological polar surface area (TPSA) is 246 Å². The first kappa shape index (κ1) is 77.4. The lowest BCUT2D eigenvalue weighted by Crippen LogP contribution is -2.39. The summed E-state index contributed by atoms with van der Waals surface area (Å²) in [5.74, 6) is -0.682. The van der Waals surface area contributed by atoms with E-state index in [1.165, 1.54) is 0 Å². The van der Waals surface area contributed by atoms with Gasteiger partial charge in [0.15, 0.2) is 0 Å². The van der Waals surface area contributed by atoms with E-state index in [1.807, 2.05) is 223 Å². The van der Waals surface area contributed by atoms with Gasteiger partial charge in [-0.3, -0.25) is 42.8 Å². The molecule has 22 nitrogen and oxygen atoms in total. The zero-order valence-corrected chi connectivity index (χ0v) is 64.2. The number of carbonyl (C=O) groups excluding carboxylic acids is 6. The first-order valence-corrected chi connectivity index (χ1v) is 38.5. The van der Waals surface area contributed by atoms with E-state index in [1.54, 1.807) is 11.0 Å². The van der Waals surface area contributed by atoms with E-state index in [0.29, 0.717) is 94.2 Å². The molecule has 0 unspecified atom stereocenters. The van der Waals surface area contributed by atoms with E-state index in [4.69, 9.17) is 19.3 Å².